The number of para-hydroxylation sites is 1. The summed E-state index contributed by atoms with van der Waals surface area (Å²) in [6, 6.07) is 14.2. The molecular weight excluding hydrogens is 366 g/mol. The molecule has 0 radical (unpaired) electrons. The van der Waals surface area contributed by atoms with Gasteiger partial charge in [0.2, 0.25) is 11.8 Å². The molecule has 1 heterocycles. The maximum atomic E-state index is 13.0. The Morgan fingerprint density at radius 2 is 1.85 bits per heavy atom. The minimum atomic E-state index is -0.159. The second-order valence-corrected chi connectivity index (χ2v) is 6.67. The summed E-state index contributed by atoms with van der Waals surface area (Å²) in [5.41, 5.74) is 1.26. The third-order valence-corrected chi connectivity index (χ3v) is 4.34. The second-order valence-electron chi connectivity index (χ2n) is 6.23. The van der Waals surface area contributed by atoms with Crippen LogP contribution in [-0.4, -0.2) is 34.2 Å². The van der Waals surface area contributed by atoms with Gasteiger partial charge in [-0.15, -0.1) is 10.2 Å². The summed E-state index contributed by atoms with van der Waals surface area (Å²) in [6.45, 7) is 4.07. The standard InChI is InChI=1S/C20H20ClN3O3/c1-13(2)24(20(25)16-6-4-5-7-17(16)26-3)12-18-22-23-19(27-18)14-8-10-15(21)11-9-14/h4-11,13H,12H2,1-3H3. The monoisotopic (exact) mass is 385 g/mol. The summed E-state index contributed by atoms with van der Waals surface area (Å²) >= 11 is 5.90. The fraction of sp³-hybridized carbons (Fsp3) is 0.250. The van der Waals surface area contributed by atoms with Gasteiger partial charge in [-0.3, -0.25) is 4.79 Å². The van der Waals surface area contributed by atoms with Gasteiger partial charge in [-0.05, 0) is 50.2 Å². The minimum Gasteiger partial charge on any atom is -0.496 e. The fourth-order valence-electron chi connectivity index (χ4n) is 2.64. The number of aromatic nitrogens is 2. The highest BCUT2D eigenvalue weighted by molar-refractivity contribution is 6.30. The van der Waals surface area contributed by atoms with Crippen molar-refractivity contribution >= 4 is 17.5 Å². The number of carbonyl (C=O) groups is 1. The highest BCUT2D eigenvalue weighted by atomic mass is 35.5. The molecule has 2 aromatic carbocycles. The third kappa shape index (κ3) is 4.28. The van der Waals surface area contributed by atoms with Crippen molar-refractivity contribution in [2.45, 2.75) is 26.4 Å². The van der Waals surface area contributed by atoms with Gasteiger partial charge >= 0.3 is 0 Å². The molecule has 3 aromatic rings. The van der Waals surface area contributed by atoms with Gasteiger partial charge < -0.3 is 14.1 Å². The van der Waals surface area contributed by atoms with Crippen molar-refractivity contribution < 1.29 is 13.9 Å². The lowest BCUT2D eigenvalue weighted by molar-refractivity contribution is 0.0669. The van der Waals surface area contributed by atoms with E-state index in [2.05, 4.69) is 10.2 Å². The predicted octanol–water partition coefficient (Wildman–Crippen LogP) is 4.45. The van der Waals surface area contributed by atoms with Crippen molar-refractivity contribution in [1.82, 2.24) is 15.1 Å². The number of halogens is 1. The van der Waals surface area contributed by atoms with Crippen molar-refractivity contribution in [1.29, 1.82) is 0 Å². The molecule has 1 amide bonds. The molecule has 6 nitrogen and oxygen atoms in total. The van der Waals surface area contributed by atoms with E-state index < -0.39 is 0 Å². The molecule has 0 aliphatic carbocycles. The Balaban J connectivity index is 1.83. The van der Waals surface area contributed by atoms with E-state index in [1.54, 1.807) is 54.5 Å². The van der Waals surface area contributed by atoms with E-state index in [4.69, 9.17) is 20.8 Å². The van der Waals surface area contributed by atoms with Gasteiger partial charge in [-0.1, -0.05) is 23.7 Å². The average molecular weight is 386 g/mol. The van der Waals surface area contributed by atoms with Crippen LogP contribution in [0.1, 0.15) is 30.1 Å². The van der Waals surface area contributed by atoms with Crippen LogP contribution < -0.4 is 4.74 Å². The summed E-state index contributed by atoms with van der Waals surface area (Å²) in [7, 11) is 1.54. The van der Waals surface area contributed by atoms with E-state index in [1.165, 1.54) is 0 Å². The van der Waals surface area contributed by atoms with Crippen molar-refractivity contribution in [3.8, 4) is 17.2 Å². The number of hydrogen-bond acceptors (Lipinski definition) is 5. The van der Waals surface area contributed by atoms with Crippen LogP contribution in [-0.2, 0) is 6.54 Å². The molecule has 0 fully saturated rings. The van der Waals surface area contributed by atoms with Crippen LogP contribution in [0.15, 0.2) is 52.9 Å². The topological polar surface area (TPSA) is 68.5 Å². The third-order valence-electron chi connectivity index (χ3n) is 4.09. The van der Waals surface area contributed by atoms with Crippen LogP contribution in [0.2, 0.25) is 5.02 Å². The van der Waals surface area contributed by atoms with Crippen LogP contribution in [0.5, 0.6) is 5.75 Å². The number of rotatable bonds is 6. The maximum Gasteiger partial charge on any atom is 0.258 e. The second kappa shape index (κ2) is 8.22. The highest BCUT2D eigenvalue weighted by Gasteiger charge is 2.24. The highest BCUT2D eigenvalue weighted by Crippen LogP contribution is 2.23. The molecule has 1 aromatic heterocycles. The number of carbonyl (C=O) groups excluding carboxylic acids is 1. The number of methoxy groups -OCH3 is 1. The summed E-state index contributed by atoms with van der Waals surface area (Å²) in [4.78, 5) is 14.7. The Morgan fingerprint density at radius 3 is 2.52 bits per heavy atom. The first-order valence-corrected chi connectivity index (χ1v) is 8.89. The van der Waals surface area contributed by atoms with Crippen LogP contribution in [0.25, 0.3) is 11.5 Å². The molecule has 0 spiro atoms. The molecule has 0 bridgehead atoms. The van der Waals surface area contributed by atoms with Crippen molar-refractivity contribution in [2.24, 2.45) is 0 Å². The molecule has 0 unspecified atom stereocenters. The Hall–Kier alpha value is -2.86. The first kappa shape index (κ1) is 18.9. The summed E-state index contributed by atoms with van der Waals surface area (Å²) < 4.78 is 11.1. The van der Waals surface area contributed by atoms with Crippen molar-refractivity contribution in [3.63, 3.8) is 0 Å². The first-order valence-electron chi connectivity index (χ1n) is 8.52. The van der Waals surface area contributed by atoms with E-state index in [1.807, 2.05) is 19.9 Å². The van der Waals surface area contributed by atoms with Gasteiger partial charge in [0.15, 0.2) is 0 Å². The van der Waals surface area contributed by atoms with Crippen LogP contribution in [0.4, 0.5) is 0 Å². The van der Waals surface area contributed by atoms with Gasteiger partial charge in [-0.25, -0.2) is 0 Å². The first-order chi connectivity index (χ1) is 13.0. The van der Waals surface area contributed by atoms with Gasteiger partial charge in [-0.2, -0.15) is 0 Å². The van der Waals surface area contributed by atoms with E-state index in [0.29, 0.717) is 28.1 Å². The number of ether oxygens (including phenoxy) is 1. The molecule has 27 heavy (non-hydrogen) atoms. The van der Waals surface area contributed by atoms with Crippen molar-refractivity contribution in [3.05, 3.63) is 65.0 Å². The predicted molar refractivity (Wildman–Crippen MR) is 103 cm³/mol. The SMILES string of the molecule is COc1ccccc1C(=O)N(Cc1nnc(-c2ccc(Cl)cc2)o1)C(C)C. The van der Waals surface area contributed by atoms with E-state index in [0.717, 1.165) is 5.56 Å². The average Bonchev–Trinajstić information content (AvgIpc) is 3.14. The number of benzene rings is 2. The largest absolute Gasteiger partial charge is 0.496 e. The van der Waals surface area contributed by atoms with Crippen molar-refractivity contribution in [2.75, 3.05) is 7.11 Å². The van der Waals surface area contributed by atoms with E-state index in [-0.39, 0.29) is 18.5 Å². The molecule has 0 aliphatic heterocycles. The van der Waals surface area contributed by atoms with E-state index in [9.17, 15) is 4.79 Å². The quantitative estimate of drug-likeness (QED) is 0.627. The Morgan fingerprint density at radius 1 is 1.15 bits per heavy atom. The molecule has 140 valence electrons. The molecule has 0 aliphatic rings. The number of nitrogens with zero attached hydrogens (tertiary/aromatic N) is 3. The molecule has 0 N–H and O–H groups in total. The van der Waals surface area contributed by atoms with Crippen LogP contribution in [0, 0.1) is 0 Å². The van der Waals surface area contributed by atoms with Crippen LogP contribution in [0.3, 0.4) is 0 Å². The maximum absolute atomic E-state index is 13.0. The molecule has 0 saturated heterocycles. The van der Waals surface area contributed by atoms with Gasteiger partial charge in [0.05, 0.1) is 19.2 Å². The zero-order valence-electron chi connectivity index (χ0n) is 15.3. The Labute approximate surface area is 162 Å². The normalized spacial score (nSPS) is 10.9. The van der Waals surface area contributed by atoms with E-state index >= 15 is 0 Å². The van der Waals surface area contributed by atoms with Gasteiger partial charge in [0, 0.05) is 16.6 Å². The molecular formula is C20H20ClN3O3. The summed E-state index contributed by atoms with van der Waals surface area (Å²) in [5.74, 6) is 1.11. The zero-order chi connectivity index (χ0) is 19.4. The van der Waals surface area contributed by atoms with Crippen LogP contribution >= 0.6 is 11.6 Å². The Bertz CT molecular complexity index is 922. The lowest BCUT2D eigenvalue weighted by atomic mass is 10.1. The Kier molecular flexibility index (Phi) is 5.76. The molecule has 0 saturated carbocycles. The smallest absolute Gasteiger partial charge is 0.258 e. The van der Waals surface area contributed by atoms with Gasteiger partial charge in [0.1, 0.15) is 5.75 Å². The minimum absolute atomic E-state index is 0.0618. The lowest BCUT2D eigenvalue weighted by Gasteiger charge is -2.25. The number of hydrogen-bond donors (Lipinski definition) is 0. The lowest BCUT2D eigenvalue weighted by Crippen LogP contribution is -2.36. The number of amides is 1. The molecule has 7 heteroatoms. The van der Waals surface area contributed by atoms with Gasteiger partial charge in [0.25, 0.3) is 5.91 Å². The molecule has 3 rings (SSSR count). The fourth-order valence-corrected chi connectivity index (χ4v) is 2.76. The summed E-state index contributed by atoms with van der Waals surface area (Å²) in [6.07, 6.45) is 0. The molecule has 0 atom stereocenters. The zero-order valence-corrected chi connectivity index (χ0v) is 16.1. The summed E-state index contributed by atoms with van der Waals surface area (Å²) in [5, 5.41) is 8.78.